The molecule has 3 aliphatic heterocycles. The number of nitrogens with zero attached hydrogens (tertiary/aromatic N) is 3. The van der Waals surface area contributed by atoms with Crippen LogP contribution in [0.3, 0.4) is 0 Å². The van der Waals surface area contributed by atoms with Crippen LogP contribution in [0.1, 0.15) is 40.9 Å². The number of piperidine rings is 1. The van der Waals surface area contributed by atoms with Crippen LogP contribution < -0.4 is 20.3 Å². The lowest BCUT2D eigenvalue weighted by atomic mass is 10.1. The molecule has 1 aromatic carbocycles. The van der Waals surface area contributed by atoms with Gasteiger partial charge in [0, 0.05) is 38.2 Å². The molecule has 0 radical (unpaired) electrons. The van der Waals surface area contributed by atoms with Gasteiger partial charge in [0.05, 0.1) is 35.7 Å². The van der Waals surface area contributed by atoms with E-state index in [2.05, 4.69) is 22.2 Å². The zero-order chi connectivity index (χ0) is 27.8. The molecular formula is C29H31N5O5S. The van der Waals surface area contributed by atoms with Crippen LogP contribution >= 0.6 is 11.3 Å². The molecular weight excluding hydrogens is 530 g/mol. The molecule has 3 aromatic rings. The van der Waals surface area contributed by atoms with Crippen LogP contribution in [0.4, 0.5) is 21.9 Å². The fourth-order valence-corrected chi connectivity index (χ4v) is 6.62. The average Bonchev–Trinajstić information content (AvgIpc) is 3.33. The van der Waals surface area contributed by atoms with Crippen molar-refractivity contribution in [3.8, 4) is 5.75 Å². The maximum atomic E-state index is 13.5. The van der Waals surface area contributed by atoms with E-state index in [0.29, 0.717) is 47.4 Å². The van der Waals surface area contributed by atoms with Crippen molar-refractivity contribution in [2.45, 2.75) is 44.8 Å². The lowest BCUT2D eigenvalue weighted by Crippen LogP contribution is -2.49. The molecule has 4 amide bonds. The Morgan fingerprint density at radius 1 is 1.23 bits per heavy atom. The molecule has 2 fully saturated rings. The average molecular weight is 562 g/mol. The van der Waals surface area contributed by atoms with Crippen molar-refractivity contribution in [1.29, 1.82) is 0 Å². The van der Waals surface area contributed by atoms with Crippen molar-refractivity contribution in [2.75, 3.05) is 36.5 Å². The second-order valence-electron chi connectivity index (χ2n) is 10.3. The van der Waals surface area contributed by atoms with Gasteiger partial charge in [-0.1, -0.05) is 6.58 Å². The Morgan fingerprint density at radius 2 is 2.05 bits per heavy atom. The predicted molar refractivity (Wildman–Crippen MR) is 154 cm³/mol. The zero-order valence-corrected chi connectivity index (χ0v) is 23.1. The molecule has 0 saturated carbocycles. The first-order valence-corrected chi connectivity index (χ1v) is 14.3. The Labute approximate surface area is 235 Å². The minimum atomic E-state index is -0.353. The molecule has 2 N–H and O–H groups in total. The van der Waals surface area contributed by atoms with E-state index < -0.39 is 0 Å². The highest BCUT2D eigenvalue weighted by atomic mass is 32.1. The molecule has 0 spiro atoms. The van der Waals surface area contributed by atoms with Crippen LogP contribution in [0.25, 0.3) is 10.2 Å². The van der Waals surface area contributed by atoms with E-state index in [0.717, 1.165) is 48.1 Å². The van der Waals surface area contributed by atoms with Gasteiger partial charge in [-0.2, -0.15) is 0 Å². The molecule has 3 aliphatic rings. The Balaban J connectivity index is 1.27. The third-order valence-electron chi connectivity index (χ3n) is 7.58. The number of amides is 4. The van der Waals surface area contributed by atoms with Gasteiger partial charge in [0.2, 0.25) is 5.91 Å². The number of likely N-dealkylation sites (tertiary alicyclic amines) is 1. The van der Waals surface area contributed by atoms with Crippen molar-refractivity contribution in [3.05, 3.63) is 53.6 Å². The summed E-state index contributed by atoms with van der Waals surface area (Å²) in [6.07, 6.45) is 6.34. The molecule has 208 valence electrons. The number of ether oxygens (including phenoxy) is 2. The van der Waals surface area contributed by atoms with Gasteiger partial charge in [0.15, 0.2) is 0 Å². The molecule has 6 rings (SSSR count). The van der Waals surface area contributed by atoms with E-state index in [-0.39, 0.29) is 30.0 Å². The number of rotatable bonds is 6. The molecule has 10 nitrogen and oxygen atoms in total. The minimum absolute atomic E-state index is 0.120. The monoisotopic (exact) mass is 561 g/mol. The van der Waals surface area contributed by atoms with Gasteiger partial charge in [0.25, 0.3) is 5.91 Å². The molecule has 1 atom stereocenters. The molecule has 11 heteroatoms. The number of urea groups is 1. The van der Waals surface area contributed by atoms with Crippen molar-refractivity contribution in [1.82, 2.24) is 15.2 Å². The molecule has 40 heavy (non-hydrogen) atoms. The first kappa shape index (κ1) is 26.3. The highest BCUT2D eigenvalue weighted by Gasteiger charge is 2.34. The van der Waals surface area contributed by atoms with E-state index >= 15 is 0 Å². The van der Waals surface area contributed by atoms with Crippen LogP contribution in [0.2, 0.25) is 0 Å². The summed E-state index contributed by atoms with van der Waals surface area (Å²) in [6.45, 7) is 7.98. The number of anilines is 3. The summed E-state index contributed by atoms with van der Waals surface area (Å²) in [5, 5.41) is 6.74. The smallest absolute Gasteiger partial charge is 0.331 e. The first-order chi connectivity index (χ1) is 19.4. The number of hydrogen-bond donors (Lipinski definition) is 2. The number of benzene rings is 1. The SMILES string of the molecule is C=CC(=O)N1CCCC(NC(=O)c2sc3nccc4c3c2NC(=O)N4c2ccc(OC3CCOCC3)cc2C)C1. The molecule has 1 unspecified atom stereocenters. The van der Waals surface area contributed by atoms with Gasteiger partial charge in [-0.25, -0.2) is 9.78 Å². The standard InChI is InChI=1S/C29H31N5O5S/c1-3-23(35)33-12-4-5-18(16-33)31-27(36)26-25-24-22(8-11-30-28(24)40-26)34(29(37)32-25)21-7-6-20(15-17(21)2)39-19-9-13-38-14-10-19/h3,6-8,11,15,18-19H,1,4-5,9-10,12-14,16H2,2H3,(H,31,36)(H,32,37). The van der Waals surface area contributed by atoms with Gasteiger partial charge in [-0.15, -0.1) is 11.3 Å². The maximum absolute atomic E-state index is 13.5. The number of carbonyl (C=O) groups excluding carboxylic acids is 3. The Kier molecular flexibility index (Phi) is 7.16. The second kappa shape index (κ2) is 10.9. The fraction of sp³-hybridized carbons (Fsp3) is 0.379. The number of pyridine rings is 1. The third kappa shape index (κ3) is 4.90. The highest BCUT2D eigenvalue weighted by molar-refractivity contribution is 7.21. The molecule has 5 heterocycles. The normalized spacial score (nSPS) is 19.3. The van der Waals surface area contributed by atoms with Gasteiger partial charge < -0.3 is 25.0 Å². The van der Waals surface area contributed by atoms with Crippen molar-refractivity contribution in [2.24, 2.45) is 0 Å². The Hall–Kier alpha value is -3.96. The van der Waals surface area contributed by atoms with Crippen molar-refractivity contribution >= 4 is 56.5 Å². The molecule has 2 saturated heterocycles. The topological polar surface area (TPSA) is 113 Å². The van der Waals surface area contributed by atoms with E-state index in [1.54, 1.807) is 22.1 Å². The molecule has 2 aromatic heterocycles. The van der Waals surface area contributed by atoms with Crippen molar-refractivity contribution < 1.29 is 23.9 Å². The van der Waals surface area contributed by atoms with Crippen LogP contribution in [0.5, 0.6) is 5.75 Å². The number of aryl methyl sites for hydroxylation is 1. The minimum Gasteiger partial charge on any atom is -0.490 e. The van der Waals surface area contributed by atoms with E-state index in [9.17, 15) is 14.4 Å². The lowest BCUT2D eigenvalue weighted by molar-refractivity contribution is -0.127. The van der Waals surface area contributed by atoms with Gasteiger partial charge in [0.1, 0.15) is 21.6 Å². The van der Waals surface area contributed by atoms with Crippen molar-refractivity contribution in [3.63, 3.8) is 0 Å². The highest BCUT2D eigenvalue weighted by Crippen LogP contribution is 2.46. The van der Waals surface area contributed by atoms with Gasteiger partial charge in [-0.3, -0.25) is 14.5 Å². The second-order valence-corrected chi connectivity index (χ2v) is 11.3. The summed E-state index contributed by atoms with van der Waals surface area (Å²) in [7, 11) is 0. The summed E-state index contributed by atoms with van der Waals surface area (Å²) in [6, 6.07) is 6.98. The maximum Gasteiger partial charge on any atom is 0.331 e. The third-order valence-corrected chi connectivity index (χ3v) is 8.67. The number of nitrogens with one attached hydrogen (secondary N) is 2. The summed E-state index contributed by atoms with van der Waals surface area (Å²) in [5.74, 6) is 0.327. The summed E-state index contributed by atoms with van der Waals surface area (Å²) >= 11 is 1.24. The van der Waals surface area contributed by atoms with Gasteiger partial charge in [-0.05, 0) is 55.7 Å². The number of aromatic nitrogens is 1. The summed E-state index contributed by atoms with van der Waals surface area (Å²) in [5.41, 5.74) is 2.74. The van der Waals surface area contributed by atoms with E-state index in [1.807, 2.05) is 25.1 Å². The molecule has 0 aliphatic carbocycles. The van der Waals surface area contributed by atoms with Crippen LogP contribution in [0.15, 0.2) is 43.1 Å². The Morgan fingerprint density at radius 3 is 2.83 bits per heavy atom. The lowest BCUT2D eigenvalue weighted by Gasteiger charge is -2.32. The molecule has 0 bridgehead atoms. The fourth-order valence-electron chi connectivity index (χ4n) is 5.60. The summed E-state index contributed by atoms with van der Waals surface area (Å²) < 4.78 is 11.6. The van der Waals surface area contributed by atoms with E-state index in [4.69, 9.17) is 9.47 Å². The summed E-state index contributed by atoms with van der Waals surface area (Å²) in [4.78, 5) is 47.9. The van der Waals surface area contributed by atoms with Crippen LogP contribution in [-0.2, 0) is 9.53 Å². The first-order valence-electron chi connectivity index (χ1n) is 13.5. The van der Waals surface area contributed by atoms with Crippen LogP contribution in [-0.4, -0.2) is 66.2 Å². The number of hydrogen-bond acceptors (Lipinski definition) is 7. The van der Waals surface area contributed by atoms with Crippen LogP contribution in [0, 0.1) is 6.92 Å². The number of thiophene rings is 1. The zero-order valence-electron chi connectivity index (χ0n) is 22.3. The van der Waals surface area contributed by atoms with Gasteiger partial charge >= 0.3 is 6.03 Å². The number of carbonyl (C=O) groups is 3. The largest absolute Gasteiger partial charge is 0.490 e. The predicted octanol–water partition coefficient (Wildman–Crippen LogP) is 4.75. The Bertz CT molecular complexity index is 1500. The van der Waals surface area contributed by atoms with E-state index in [1.165, 1.54) is 17.4 Å². The quantitative estimate of drug-likeness (QED) is 0.420.